The van der Waals surface area contributed by atoms with E-state index in [0.717, 1.165) is 0 Å². The Bertz CT molecular complexity index is 840. The lowest BCUT2D eigenvalue weighted by Crippen LogP contribution is -2.54. The molecule has 0 N–H and O–H groups in total. The first-order valence-corrected chi connectivity index (χ1v) is 11.0. The summed E-state index contributed by atoms with van der Waals surface area (Å²) in [5, 5.41) is 2.56. The second-order valence-corrected chi connectivity index (χ2v) is 14.1. The van der Waals surface area contributed by atoms with Gasteiger partial charge in [-0.1, -0.05) is 78.0 Å². The highest BCUT2D eigenvalue weighted by molar-refractivity contribution is 6.74. The van der Waals surface area contributed by atoms with E-state index in [2.05, 4.69) is 90.1 Å². The van der Waals surface area contributed by atoms with Gasteiger partial charge in [-0.15, -0.1) is 0 Å². The molecule has 2 aromatic rings. The van der Waals surface area contributed by atoms with Crippen molar-refractivity contribution in [2.45, 2.75) is 63.8 Å². The molecule has 1 fully saturated rings. The topological polar surface area (TPSA) is 18.5 Å². The van der Waals surface area contributed by atoms with Gasteiger partial charge in [0.25, 0.3) is 0 Å². The van der Waals surface area contributed by atoms with Gasteiger partial charge in [-0.05, 0) is 34.0 Å². The van der Waals surface area contributed by atoms with Crippen LogP contribution in [-0.4, -0.2) is 14.7 Å². The van der Waals surface area contributed by atoms with Crippen LogP contribution >= 0.6 is 0 Å². The van der Waals surface area contributed by atoms with Crippen LogP contribution in [0.1, 0.15) is 58.8 Å². The molecular weight excluding hydrogens is 324 g/mol. The minimum absolute atomic E-state index is 0.00738. The summed E-state index contributed by atoms with van der Waals surface area (Å²) in [4.78, 5) is 0. The molecule has 132 valence electrons. The van der Waals surface area contributed by atoms with Crippen molar-refractivity contribution in [2.24, 2.45) is 0 Å². The summed E-state index contributed by atoms with van der Waals surface area (Å²) >= 11 is 0. The summed E-state index contributed by atoms with van der Waals surface area (Å²) in [6, 6.07) is 13.1. The van der Waals surface area contributed by atoms with Crippen molar-refractivity contribution in [3.05, 3.63) is 53.6 Å². The quantitative estimate of drug-likeness (QED) is 0.513. The number of rotatable bonds is 0. The third-order valence-electron chi connectivity index (χ3n) is 5.59. The Morgan fingerprint density at radius 2 is 1.44 bits per heavy atom. The lowest BCUT2D eigenvalue weighted by atomic mass is 9.90. The largest absolute Gasteiger partial charge is 0.384 e. The molecule has 0 aromatic heterocycles. The number of fused-ring (bicyclic) bond motifs is 4. The maximum absolute atomic E-state index is 6.92. The monoisotopic (exact) mass is 352 g/mol. The molecule has 0 radical (unpaired) electrons. The van der Waals surface area contributed by atoms with E-state index >= 15 is 0 Å². The van der Waals surface area contributed by atoms with Crippen LogP contribution in [0.4, 0.5) is 0 Å². The van der Waals surface area contributed by atoms with Crippen molar-refractivity contribution in [1.82, 2.24) is 0 Å². The fourth-order valence-electron chi connectivity index (χ4n) is 4.60. The van der Waals surface area contributed by atoms with Crippen molar-refractivity contribution in [3.63, 3.8) is 0 Å². The third-order valence-corrected chi connectivity index (χ3v) is 10.7. The predicted molar refractivity (Wildman–Crippen MR) is 107 cm³/mol. The van der Waals surface area contributed by atoms with Crippen LogP contribution in [0, 0.1) is 0 Å². The Labute approximate surface area is 152 Å². The average Bonchev–Trinajstić information content (AvgIpc) is 2.94. The van der Waals surface area contributed by atoms with Crippen molar-refractivity contribution in [3.8, 4) is 0 Å². The van der Waals surface area contributed by atoms with Crippen LogP contribution in [0.5, 0.6) is 0 Å². The molecule has 25 heavy (non-hydrogen) atoms. The normalized spacial score (nSPS) is 25.0. The Morgan fingerprint density at radius 3 is 2.04 bits per heavy atom. The zero-order valence-corrected chi connectivity index (χ0v) is 17.1. The minimum Gasteiger partial charge on any atom is -0.384 e. The summed E-state index contributed by atoms with van der Waals surface area (Å²) in [6.45, 7) is 13.6. The first-order chi connectivity index (χ1) is 11.6. The lowest BCUT2D eigenvalue weighted by Gasteiger charge is -2.45. The fraction of sp³-hybridized carbons (Fsp3) is 0.455. The molecule has 0 spiro atoms. The van der Waals surface area contributed by atoms with Gasteiger partial charge in [0.2, 0.25) is 0 Å². The van der Waals surface area contributed by atoms with Crippen LogP contribution in [-0.2, 0) is 8.85 Å². The van der Waals surface area contributed by atoms with Gasteiger partial charge in [-0.2, -0.15) is 0 Å². The van der Waals surface area contributed by atoms with Gasteiger partial charge in [0.05, 0.1) is 6.10 Å². The maximum Gasteiger partial charge on any atom is 0.350 e. The lowest BCUT2D eigenvalue weighted by molar-refractivity contribution is 0.189. The minimum atomic E-state index is -2.45. The van der Waals surface area contributed by atoms with E-state index in [1.807, 2.05) is 0 Å². The summed E-state index contributed by atoms with van der Waals surface area (Å²) < 4.78 is 13.7. The molecule has 1 aliphatic carbocycles. The molecule has 0 saturated carbocycles. The van der Waals surface area contributed by atoms with Crippen LogP contribution < -0.4 is 0 Å². The van der Waals surface area contributed by atoms with E-state index in [-0.39, 0.29) is 22.3 Å². The average molecular weight is 353 g/mol. The fourth-order valence-corrected chi connectivity index (χ4v) is 9.53. The highest BCUT2D eigenvalue weighted by Crippen LogP contribution is 2.59. The summed E-state index contributed by atoms with van der Waals surface area (Å²) in [5.74, 6) is 0. The van der Waals surface area contributed by atoms with Gasteiger partial charge >= 0.3 is 8.56 Å². The standard InChI is InChI=1S/C22H28O2Si/c1-21(2,3)25(22(4,5)6)23-19-12-11-17-13-15-9-7-8-10-16(15)14-18(17)20(19)24-25/h7-14,19-20H,1-6H3/t19-,20-/m0/s1. The Morgan fingerprint density at radius 1 is 0.840 bits per heavy atom. The predicted octanol–water partition coefficient (Wildman–Crippen LogP) is 6.37. The van der Waals surface area contributed by atoms with Crippen LogP contribution in [0.15, 0.2) is 42.5 Å². The summed E-state index contributed by atoms with van der Waals surface area (Å²) in [7, 11) is -2.45. The van der Waals surface area contributed by atoms with Crippen molar-refractivity contribution < 1.29 is 8.85 Å². The molecule has 1 heterocycles. The van der Waals surface area contributed by atoms with Crippen molar-refractivity contribution >= 4 is 25.4 Å². The highest BCUT2D eigenvalue weighted by Gasteiger charge is 2.64. The molecule has 2 nitrogen and oxygen atoms in total. The van der Waals surface area contributed by atoms with Gasteiger partial charge in [-0.3, -0.25) is 0 Å². The SMILES string of the molecule is CC(C)(C)[Si]1(C(C)(C)C)O[C@H]2C=Cc3cc4ccccc4cc3[C@@H]2O1. The van der Waals surface area contributed by atoms with E-state index in [1.54, 1.807) is 0 Å². The van der Waals surface area contributed by atoms with Crippen LogP contribution in [0.25, 0.3) is 16.8 Å². The molecule has 0 bridgehead atoms. The Balaban J connectivity index is 1.84. The molecule has 4 rings (SSSR count). The van der Waals surface area contributed by atoms with E-state index in [4.69, 9.17) is 8.85 Å². The van der Waals surface area contributed by atoms with Crippen molar-refractivity contribution in [2.75, 3.05) is 0 Å². The second-order valence-electron chi connectivity index (χ2n) is 9.42. The van der Waals surface area contributed by atoms with Gasteiger partial charge in [0, 0.05) is 10.1 Å². The Kier molecular flexibility index (Phi) is 3.60. The van der Waals surface area contributed by atoms with E-state index in [0.29, 0.717) is 0 Å². The smallest absolute Gasteiger partial charge is 0.350 e. The van der Waals surface area contributed by atoms with Crippen LogP contribution in [0.2, 0.25) is 10.1 Å². The Hall–Kier alpha value is -1.42. The van der Waals surface area contributed by atoms with E-state index < -0.39 is 8.56 Å². The molecule has 0 amide bonds. The molecule has 0 unspecified atom stereocenters. The second kappa shape index (κ2) is 5.29. The summed E-state index contributed by atoms with van der Waals surface area (Å²) in [6.07, 6.45) is 4.45. The van der Waals surface area contributed by atoms with Gasteiger partial charge in [0.15, 0.2) is 0 Å². The first kappa shape index (κ1) is 17.0. The third kappa shape index (κ3) is 2.44. The molecule has 2 atom stereocenters. The number of hydrogen-bond donors (Lipinski definition) is 0. The van der Waals surface area contributed by atoms with Gasteiger partial charge < -0.3 is 8.85 Å². The van der Waals surface area contributed by atoms with E-state index in [1.165, 1.54) is 21.9 Å². The van der Waals surface area contributed by atoms with Crippen molar-refractivity contribution in [1.29, 1.82) is 0 Å². The molecule has 3 heteroatoms. The highest BCUT2D eigenvalue weighted by atomic mass is 28.4. The number of hydrogen-bond acceptors (Lipinski definition) is 2. The maximum atomic E-state index is 6.92. The summed E-state index contributed by atoms with van der Waals surface area (Å²) in [5.41, 5.74) is 2.53. The molecule has 2 aromatic carbocycles. The van der Waals surface area contributed by atoms with E-state index in [9.17, 15) is 0 Å². The first-order valence-electron chi connectivity index (χ1n) is 9.19. The molecule has 2 aliphatic rings. The van der Waals surface area contributed by atoms with Gasteiger partial charge in [0.1, 0.15) is 6.10 Å². The van der Waals surface area contributed by atoms with Gasteiger partial charge in [-0.25, -0.2) is 0 Å². The molecule has 1 aliphatic heterocycles. The molecular formula is C22H28O2Si. The zero-order valence-electron chi connectivity index (χ0n) is 16.1. The number of benzene rings is 2. The molecule has 1 saturated heterocycles. The zero-order chi connectivity index (χ0) is 18.0. The van der Waals surface area contributed by atoms with Crippen LogP contribution in [0.3, 0.4) is 0 Å².